The highest BCUT2D eigenvalue weighted by molar-refractivity contribution is 6.54. The van der Waals surface area contributed by atoms with Crippen LogP contribution in [0.5, 0.6) is 0 Å². The molecule has 17 heavy (non-hydrogen) atoms. The van der Waals surface area contributed by atoms with Gasteiger partial charge in [0.15, 0.2) is 0 Å². The summed E-state index contributed by atoms with van der Waals surface area (Å²) in [7, 11) is 1.87. The van der Waals surface area contributed by atoms with Crippen molar-refractivity contribution in [2.24, 2.45) is 0 Å². The van der Waals surface area contributed by atoms with Crippen LogP contribution in [0.25, 0.3) is 0 Å². The molecule has 1 N–H and O–H groups in total. The van der Waals surface area contributed by atoms with Crippen molar-refractivity contribution < 1.29 is 9.31 Å². The highest BCUT2D eigenvalue weighted by Gasteiger charge is 2.52. The van der Waals surface area contributed by atoms with Gasteiger partial charge in [0.05, 0.1) is 11.2 Å². The molecule has 1 saturated heterocycles. The first-order valence-corrected chi connectivity index (χ1v) is 6.57. The molecule has 0 amide bonds. The fourth-order valence-electron chi connectivity index (χ4n) is 2.37. The summed E-state index contributed by atoms with van der Waals surface area (Å²) in [6.45, 7) is 8.41. The molecule has 0 spiro atoms. The number of hydrogen-bond acceptors (Lipinski definition) is 3. The van der Waals surface area contributed by atoms with Crippen LogP contribution in [0.1, 0.15) is 47.0 Å². The summed E-state index contributed by atoms with van der Waals surface area (Å²) < 4.78 is 12.2. The predicted molar refractivity (Wildman–Crippen MR) is 70.9 cm³/mol. The number of nitrogens with one attached hydrogen (secondary N) is 1. The molecule has 0 aromatic heterocycles. The standard InChI is InChI=1S/C13H24BNO2/c1-12(2)13(3,4)17-14(16-12)10-7-6-8-11(9-10)15-5/h7,11,15H,6,8-9H2,1-5H3/t11-/m1/s1. The van der Waals surface area contributed by atoms with Gasteiger partial charge in [-0.3, -0.25) is 0 Å². The van der Waals surface area contributed by atoms with Crippen molar-refractivity contribution in [3.8, 4) is 0 Å². The first-order valence-electron chi connectivity index (χ1n) is 6.57. The van der Waals surface area contributed by atoms with Crippen molar-refractivity contribution in [2.75, 3.05) is 7.05 Å². The van der Waals surface area contributed by atoms with Gasteiger partial charge >= 0.3 is 7.12 Å². The van der Waals surface area contributed by atoms with Gasteiger partial charge in [-0.05, 0) is 59.5 Å². The lowest BCUT2D eigenvalue weighted by Gasteiger charge is -2.32. The third-order valence-electron chi connectivity index (χ3n) is 4.37. The quantitative estimate of drug-likeness (QED) is 0.747. The third-order valence-corrected chi connectivity index (χ3v) is 4.37. The van der Waals surface area contributed by atoms with E-state index in [1.165, 1.54) is 11.9 Å². The van der Waals surface area contributed by atoms with Crippen LogP contribution in [0.2, 0.25) is 0 Å². The van der Waals surface area contributed by atoms with E-state index in [-0.39, 0.29) is 18.3 Å². The molecule has 0 saturated carbocycles. The second kappa shape index (κ2) is 4.41. The monoisotopic (exact) mass is 237 g/mol. The van der Waals surface area contributed by atoms with Crippen LogP contribution >= 0.6 is 0 Å². The molecule has 1 aliphatic carbocycles. The molecule has 2 aliphatic rings. The van der Waals surface area contributed by atoms with E-state index in [9.17, 15) is 0 Å². The molecule has 2 rings (SSSR count). The molecule has 0 aromatic carbocycles. The van der Waals surface area contributed by atoms with E-state index in [4.69, 9.17) is 9.31 Å². The SMILES string of the molecule is CN[C@@H]1CCC=C(B2OC(C)(C)C(C)(C)O2)C1. The van der Waals surface area contributed by atoms with E-state index in [0.717, 1.165) is 12.8 Å². The lowest BCUT2D eigenvalue weighted by Crippen LogP contribution is -2.41. The Morgan fingerprint density at radius 1 is 1.24 bits per heavy atom. The van der Waals surface area contributed by atoms with Crippen LogP contribution in [-0.2, 0) is 9.31 Å². The minimum atomic E-state index is -0.231. The van der Waals surface area contributed by atoms with Crippen LogP contribution in [-0.4, -0.2) is 31.4 Å². The maximum Gasteiger partial charge on any atom is 0.490 e. The van der Waals surface area contributed by atoms with Crippen molar-refractivity contribution in [3.05, 3.63) is 11.5 Å². The number of hydrogen-bond donors (Lipinski definition) is 1. The minimum Gasteiger partial charge on any atom is -0.400 e. The molecule has 0 aromatic rings. The predicted octanol–water partition coefficient (Wildman–Crippen LogP) is 2.32. The van der Waals surface area contributed by atoms with Crippen LogP contribution < -0.4 is 5.32 Å². The molecule has 1 heterocycles. The summed E-state index contributed by atoms with van der Waals surface area (Å²) in [5.41, 5.74) is 0.838. The Balaban J connectivity index is 2.08. The topological polar surface area (TPSA) is 30.5 Å². The van der Waals surface area contributed by atoms with E-state index in [0.29, 0.717) is 6.04 Å². The van der Waals surface area contributed by atoms with E-state index in [1.54, 1.807) is 0 Å². The Morgan fingerprint density at radius 2 is 1.82 bits per heavy atom. The second-order valence-corrected chi connectivity index (χ2v) is 6.13. The highest BCUT2D eigenvalue weighted by Crippen LogP contribution is 2.40. The minimum absolute atomic E-state index is 0.156. The molecule has 1 aliphatic heterocycles. The van der Waals surface area contributed by atoms with E-state index < -0.39 is 0 Å². The lowest BCUT2D eigenvalue weighted by atomic mass is 9.71. The fraction of sp³-hybridized carbons (Fsp3) is 0.846. The van der Waals surface area contributed by atoms with Crippen molar-refractivity contribution in [1.82, 2.24) is 5.32 Å². The zero-order valence-electron chi connectivity index (χ0n) is 11.7. The Morgan fingerprint density at radius 3 is 2.35 bits per heavy atom. The summed E-state index contributed by atoms with van der Waals surface area (Å²) >= 11 is 0. The Bertz CT molecular complexity index is 309. The molecule has 1 atom stereocenters. The summed E-state index contributed by atoms with van der Waals surface area (Å²) in [6.07, 6.45) is 5.65. The van der Waals surface area contributed by atoms with Gasteiger partial charge in [0, 0.05) is 6.04 Å². The first kappa shape index (κ1) is 13.1. The molecule has 4 heteroatoms. The van der Waals surface area contributed by atoms with Gasteiger partial charge in [-0.2, -0.15) is 0 Å². The average Bonchev–Trinajstić information content (AvgIpc) is 2.48. The van der Waals surface area contributed by atoms with Gasteiger partial charge in [0.25, 0.3) is 0 Å². The summed E-state index contributed by atoms with van der Waals surface area (Å²) in [5.74, 6) is 0. The van der Waals surface area contributed by atoms with Gasteiger partial charge < -0.3 is 14.6 Å². The third kappa shape index (κ3) is 2.44. The van der Waals surface area contributed by atoms with E-state index in [1.807, 2.05) is 7.05 Å². The van der Waals surface area contributed by atoms with Gasteiger partial charge in [0.2, 0.25) is 0 Å². The Kier molecular flexibility index (Phi) is 3.41. The summed E-state index contributed by atoms with van der Waals surface area (Å²) in [4.78, 5) is 0. The van der Waals surface area contributed by atoms with E-state index in [2.05, 4.69) is 39.1 Å². The van der Waals surface area contributed by atoms with E-state index >= 15 is 0 Å². The lowest BCUT2D eigenvalue weighted by molar-refractivity contribution is 0.00578. The smallest absolute Gasteiger partial charge is 0.400 e. The maximum atomic E-state index is 6.08. The van der Waals surface area contributed by atoms with Crippen LogP contribution in [0, 0.1) is 0 Å². The fourth-order valence-corrected chi connectivity index (χ4v) is 2.37. The highest BCUT2D eigenvalue weighted by atomic mass is 16.7. The summed E-state index contributed by atoms with van der Waals surface area (Å²) in [5, 5.41) is 3.35. The molecule has 3 nitrogen and oxygen atoms in total. The van der Waals surface area contributed by atoms with Gasteiger partial charge in [-0.15, -0.1) is 0 Å². The van der Waals surface area contributed by atoms with Crippen molar-refractivity contribution in [2.45, 2.75) is 64.2 Å². The molecular weight excluding hydrogens is 213 g/mol. The van der Waals surface area contributed by atoms with Crippen molar-refractivity contribution in [1.29, 1.82) is 0 Å². The van der Waals surface area contributed by atoms with Crippen molar-refractivity contribution >= 4 is 7.12 Å². The largest absolute Gasteiger partial charge is 0.490 e. The summed E-state index contributed by atoms with van der Waals surface area (Å²) in [6, 6.07) is 0.564. The number of rotatable bonds is 2. The number of allylic oxidation sites excluding steroid dienone is 1. The van der Waals surface area contributed by atoms with Gasteiger partial charge in [0.1, 0.15) is 0 Å². The van der Waals surface area contributed by atoms with Crippen LogP contribution in [0.4, 0.5) is 0 Å². The maximum absolute atomic E-state index is 6.08. The molecule has 1 fully saturated rings. The molecule has 0 radical (unpaired) electrons. The molecule has 0 bridgehead atoms. The van der Waals surface area contributed by atoms with Gasteiger partial charge in [-0.1, -0.05) is 6.08 Å². The van der Waals surface area contributed by atoms with Crippen molar-refractivity contribution in [3.63, 3.8) is 0 Å². The normalized spacial score (nSPS) is 31.5. The molecule has 96 valence electrons. The molecular formula is C13H24BNO2. The zero-order chi connectivity index (χ0) is 12.7. The zero-order valence-corrected chi connectivity index (χ0v) is 11.7. The van der Waals surface area contributed by atoms with Crippen LogP contribution in [0.15, 0.2) is 11.5 Å². The Hall–Kier alpha value is -0.315. The first-order chi connectivity index (χ1) is 7.86. The average molecular weight is 237 g/mol. The Labute approximate surface area is 105 Å². The second-order valence-electron chi connectivity index (χ2n) is 6.13. The molecule has 0 unspecified atom stereocenters. The van der Waals surface area contributed by atoms with Crippen LogP contribution in [0.3, 0.4) is 0 Å². The van der Waals surface area contributed by atoms with Gasteiger partial charge in [-0.25, -0.2) is 0 Å².